The van der Waals surface area contributed by atoms with Crippen LogP contribution in [-0.2, 0) is 18.4 Å². The molecule has 0 aliphatic heterocycles. The van der Waals surface area contributed by atoms with Gasteiger partial charge in [-0.15, -0.1) is 10.2 Å². The predicted octanol–water partition coefficient (Wildman–Crippen LogP) is 3.68. The fraction of sp³-hybridized carbons (Fsp3) is 0.318. The Balaban J connectivity index is 1.54. The topological polar surface area (TPSA) is 78.3 Å². The van der Waals surface area contributed by atoms with Crippen molar-refractivity contribution in [2.75, 3.05) is 12.9 Å². The Kier molecular flexibility index (Phi) is 7.35. The lowest BCUT2D eigenvalue weighted by molar-refractivity contribution is -0.118. The summed E-state index contributed by atoms with van der Waals surface area (Å²) in [5, 5.41) is 12.0. The van der Waals surface area contributed by atoms with E-state index in [1.54, 1.807) is 7.11 Å². The number of nitrogens with one attached hydrogen (secondary N) is 1. The summed E-state index contributed by atoms with van der Waals surface area (Å²) in [7, 11) is 3.47. The highest BCUT2D eigenvalue weighted by Gasteiger charge is 2.19. The first-order valence-corrected chi connectivity index (χ1v) is 10.6. The molecule has 3 rings (SSSR count). The summed E-state index contributed by atoms with van der Waals surface area (Å²) < 4.78 is 13.2. The Labute approximate surface area is 180 Å². The molecule has 8 heteroatoms. The Morgan fingerprint density at radius 2 is 1.83 bits per heavy atom. The van der Waals surface area contributed by atoms with Gasteiger partial charge in [0.05, 0.1) is 12.9 Å². The lowest BCUT2D eigenvalue weighted by Gasteiger charge is -2.16. The van der Waals surface area contributed by atoms with Crippen LogP contribution in [0.2, 0.25) is 0 Å². The molecular formula is C22H26N4O3S. The minimum Gasteiger partial charge on any atom is -0.493 e. The van der Waals surface area contributed by atoms with Crippen LogP contribution in [0.15, 0.2) is 53.7 Å². The van der Waals surface area contributed by atoms with Crippen LogP contribution in [0.5, 0.6) is 11.5 Å². The quantitative estimate of drug-likeness (QED) is 0.526. The van der Waals surface area contributed by atoms with Crippen LogP contribution in [0.4, 0.5) is 0 Å². The van der Waals surface area contributed by atoms with E-state index in [1.807, 2.05) is 74.0 Å². The number of para-hydroxylation sites is 2. The number of carbonyl (C=O) groups is 1. The maximum Gasteiger partial charge on any atom is 0.230 e. The van der Waals surface area contributed by atoms with Crippen LogP contribution >= 0.6 is 11.8 Å². The number of amides is 1. The van der Waals surface area contributed by atoms with E-state index in [0.29, 0.717) is 29.0 Å². The Morgan fingerprint density at radius 1 is 1.13 bits per heavy atom. The molecule has 0 saturated heterocycles. The Bertz CT molecular complexity index is 988. The van der Waals surface area contributed by atoms with E-state index in [4.69, 9.17) is 9.47 Å². The third-order valence-electron chi connectivity index (χ3n) is 4.55. The predicted molar refractivity (Wildman–Crippen MR) is 117 cm³/mol. The van der Waals surface area contributed by atoms with Gasteiger partial charge in [-0.3, -0.25) is 4.79 Å². The number of thioether (sulfide) groups is 1. The number of nitrogens with zero attached hydrogens (tertiary/aromatic N) is 3. The first kappa shape index (κ1) is 21.7. The molecule has 0 spiro atoms. The molecule has 1 heterocycles. The van der Waals surface area contributed by atoms with Gasteiger partial charge in [-0.25, -0.2) is 0 Å². The molecule has 0 radical (unpaired) electrons. The number of aromatic nitrogens is 3. The highest BCUT2D eigenvalue weighted by atomic mass is 32.2. The van der Waals surface area contributed by atoms with E-state index >= 15 is 0 Å². The zero-order valence-electron chi connectivity index (χ0n) is 17.6. The zero-order chi connectivity index (χ0) is 21.5. The van der Waals surface area contributed by atoms with Crippen molar-refractivity contribution in [1.82, 2.24) is 20.1 Å². The van der Waals surface area contributed by atoms with Gasteiger partial charge in [-0.05, 0) is 31.5 Å². The van der Waals surface area contributed by atoms with Crippen molar-refractivity contribution in [3.05, 3.63) is 65.5 Å². The van der Waals surface area contributed by atoms with E-state index in [2.05, 4.69) is 15.5 Å². The SMILES string of the molecule is COc1ccccc1OC(C)c1nnc(SCC(=O)NCc2ccc(C)cc2)n1C. The molecule has 0 bridgehead atoms. The molecule has 0 saturated carbocycles. The van der Waals surface area contributed by atoms with Gasteiger partial charge in [0.15, 0.2) is 28.6 Å². The minimum absolute atomic E-state index is 0.0524. The fourth-order valence-electron chi connectivity index (χ4n) is 2.85. The average Bonchev–Trinajstić information content (AvgIpc) is 3.12. The van der Waals surface area contributed by atoms with Crippen LogP contribution in [0.1, 0.15) is 30.0 Å². The molecule has 1 aromatic heterocycles. The smallest absolute Gasteiger partial charge is 0.230 e. The van der Waals surface area contributed by atoms with Crippen LogP contribution < -0.4 is 14.8 Å². The lowest BCUT2D eigenvalue weighted by Crippen LogP contribution is -2.24. The second-order valence-corrected chi connectivity index (χ2v) is 7.80. The molecule has 0 aliphatic carbocycles. The summed E-state index contributed by atoms with van der Waals surface area (Å²) in [6.07, 6.45) is -0.330. The number of benzene rings is 2. The normalized spacial score (nSPS) is 11.7. The largest absolute Gasteiger partial charge is 0.493 e. The minimum atomic E-state index is -0.330. The summed E-state index contributed by atoms with van der Waals surface area (Å²) in [6, 6.07) is 15.6. The molecule has 7 nitrogen and oxygen atoms in total. The number of hydrogen-bond donors (Lipinski definition) is 1. The molecule has 2 aromatic carbocycles. The second-order valence-electron chi connectivity index (χ2n) is 6.86. The second kappa shape index (κ2) is 10.2. The van der Waals surface area contributed by atoms with E-state index in [1.165, 1.54) is 17.3 Å². The van der Waals surface area contributed by atoms with Gasteiger partial charge in [0, 0.05) is 13.6 Å². The molecule has 0 aliphatic rings. The fourth-order valence-corrected chi connectivity index (χ4v) is 3.60. The van der Waals surface area contributed by atoms with Crippen molar-refractivity contribution in [3.63, 3.8) is 0 Å². The number of hydrogen-bond acceptors (Lipinski definition) is 6. The number of aryl methyl sites for hydroxylation is 1. The third kappa shape index (κ3) is 5.54. The first-order valence-electron chi connectivity index (χ1n) is 9.62. The molecule has 1 unspecified atom stereocenters. The Morgan fingerprint density at radius 3 is 2.53 bits per heavy atom. The van der Waals surface area contributed by atoms with Crippen molar-refractivity contribution < 1.29 is 14.3 Å². The van der Waals surface area contributed by atoms with Crippen LogP contribution in [0, 0.1) is 6.92 Å². The summed E-state index contributed by atoms with van der Waals surface area (Å²) >= 11 is 1.34. The molecule has 158 valence electrons. The van der Waals surface area contributed by atoms with E-state index in [9.17, 15) is 4.79 Å². The number of rotatable bonds is 9. The van der Waals surface area contributed by atoms with Crippen molar-refractivity contribution in [2.45, 2.75) is 31.7 Å². The maximum absolute atomic E-state index is 12.2. The van der Waals surface area contributed by atoms with Crippen molar-refractivity contribution in [2.24, 2.45) is 7.05 Å². The van der Waals surface area contributed by atoms with Gasteiger partial charge < -0.3 is 19.4 Å². The van der Waals surface area contributed by atoms with Crippen molar-refractivity contribution in [3.8, 4) is 11.5 Å². The Hall–Kier alpha value is -3.00. The summed E-state index contributed by atoms with van der Waals surface area (Å²) in [6.45, 7) is 4.45. The lowest BCUT2D eigenvalue weighted by atomic mass is 10.1. The number of ether oxygens (including phenoxy) is 2. The van der Waals surface area contributed by atoms with Crippen LogP contribution in [-0.4, -0.2) is 33.5 Å². The van der Waals surface area contributed by atoms with E-state index < -0.39 is 0 Å². The first-order chi connectivity index (χ1) is 14.5. The molecule has 3 aromatic rings. The molecule has 30 heavy (non-hydrogen) atoms. The van der Waals surface area contributed by atoms with Crippen LogP contribution in [0.25, 0.3) is 0 Å². The molecule has 1 N–H and O–H groups in total. The highest BCUT2D eigenvalue weighted by molar-refractivity contribution is 7.99. The monoisotopic (exact) mass is 426 g/mol. The van der Waals surface area contributed by atoms with Gasteiger partial charge in [0.25, 0.3) is 0 Å². The molecule has 1 atom stereocenters. The van der Waals surface area contributed by atoms with Gasteiger partial charge >= 0.3 is 0 Å². The maximum atomic E-state index is 12.2. The van der Waals surface area contributed by atoms with Gasteiger partial charge in [-0.1, -0.05) is 53.7 Å². The third-order valence-corrected chi connectivity index (χ3v) is 5.57. The molecular weight excluding hydrogens is 400 g/mol. The zero-order valence-corrected chi connectivity index (χ0v) is 18.4. The molecule has 0 fully saturated rings. The van der Waals surface area contributed by atoms with Gasteiger partial charge in [-0.2, -0.15) is 0 Å². The van der Waals surface area contributed by atoms with Crippen LogP contribution in [0.3, 0.4) is 0 Å². The summed E-state index contributed by atoms with van der Waals surface area (Å²) in [4.78, 5) is 12.2. The van der Waals surface area contributed by atoms with E-state index in [-0.39, 0.29) is 17.8 Å². The standard InChI is InChI=1S/C22H26N4O3S/c1-15-9-11-17(12-10-15)13-23-20(27)14-30-22-25-24-21(26(22)3)16(2)29-19-8-6-5-7-18(19)28-4/h5-12,16H,13-14H2,1-4H3,(H,23,27). The van der Waals surface area contributed by atoms with E-state index in [0.717, 1.165) is 5.56 Å². The van der Waals surface area contributed by atoms with Crippen molar-refractivity contribution in [1.29, 1.82) is 0 Å². The molecule has 1 amide bonds. The summed E-state index contributed by atoms with van der Waals surface area (Å²) in [5.74, 6) is 2.18. The summed E-state index contributed by atoms with van der Waals surface area (Å²) in [5.41, 5.74) is 2.27. The average molecular weight is 427 g/mol. The number of methoxy groups -OCH3 is 1. The number of carbonyl (C=O) groups excluding carboxylic acids is 1. The van der Waals surface area contributed by atoms with Crippen molar-refractivity contribution >= 4 is 17.7 Å². The highest BCUT2D eigenvalue weighted by Crippen LogP contribution is 2.30. The van der Waals surface area contributed by atoms with Gasteiger partial charge in [0.1, 0.15) is 0 Å². The van der Waals surface area contributed by atoms with Gasteiger partial charge in [0.2, 0.25) is 5.91 Å².